The summed E-state index contributed by atoms with van der Waals surface area (Å²) in [6.07, 6.45) is 1.43. The van der Waals surface area contributed by atoms with Crippen LogP contribution in [0.25, 0.3) is 0 Å². The number of furan rings is 1. The van der Waals surface area contributed by atoms with Gasteiger partial charge in [-0.3, -0.25) is 9.59 Å². The third-order valence-electron chi connectivity index (χ3n) is 3.34. The molecule has 1 aliphatic heterocycles. The number of anilines is 1. The van der Waals surface area contributed by atoms with E-state index in [0.29, 0.717) is 36.1 Å². The lowest BCUT2D eigenvalue weighted by molar-refractivity contribution is -0.115. The summed E-state index contributed by atoms with van der Waals surface area (Å²) in [7, 11) is 0. The number of hydrogen-bond acceptors (Lipinski definition) is 6. The lowest BCUT2D eigenvalue weighted by Crippen LogP contribution is -2.21. The summed E-state index contributed by atoms with van der Waals surface area (Å²) in [4.78, 5) is 23.8. The van der Waals surface area contributed by atoms with Gasteiger partial charge in [0.15, 0.2) is 17.3 Å². The molecule has 1 aliphatic rings. The molecule has 2 amide bonds. The number of hydrogen-bond donors (Lipinski definition) is 2. The van der Waals surface area contributed by atoms with E-state index in [2.05, 4.69) is 15.8 Å². The molecule has 1 aromatic heterocycles. The van der Waals surface area contributed by atoms with Crippen molar-refractivity contribution in [3.63, 3.8) is 0 Å². The summed E-state index contributed by atoms with van der Waals surface area (Å²) in [6, 6.07) is 8.31. The average molecular weight is 343 g/mol. The molecule has 25 heavy (non-hydrogen) atoms. The van der Waals surface area contributed by atoms with E-state index in [0.717, 1.165) is 0 Å². The van der Waals surface area contributed by atoms with Gasteiger partial charge in [-0.15, -0.1) is 0 Å². The van der Waals surface area contributed by atoms with E-state index >= 15 is 0 Å². The van der Waals surface area contributed by atoms with Gasteiger partial charge in [0.05, 0.1) is 12.7 Å². The van der Waals surface area contributed by atoms with E-state index in [4.69, 9.17) is 13.9 Å². The van der Waals surface area contributed by atoms with E-state index in [-0.39, 0.29) is 18.1 Å². The first-order chi connectivity index (χ1) is 12.1. The molecular weight excluding hydrogens is 326 g/mol. The second-order valence-electron chi connectivity index (χ2n) is 5.35. The molecule has 0 unspecified atom stereocenters. The Kier molecular flexibility index (Phi) is 4.98. The topological polar surface area (TPSA) is 102 Å². The molecule has 130 valence electrons. The fraction of sp³-hybridized carbons (Fsp3) is 0.235. The first kappa shape index (κ1) is 16.6. The van der Waals surface area contributed by atoms with Crippen LogP contribution < -0.4 is 20.2 Å². The number of hydrazone groups is 1. The summed E-state index contributed by atoms with van der Waals surface area (Å²) < 4.78 is 15.8. The van der Waals surface area contributed by atoms with Crippen LogP contribution in [0.4, 0.5) is 5.69 Å². The number of ether oxygens (including phenoxy) is 2. The van der Waals surface area contributed by atoms with Gasteiger partial charge in [-0.1, -0.05) is 0 Å². The zero-order chi connectivity index (χ0) is 17.6. The third-order valence-corrected chi connectivity index (χ3v) is 3.34. The summed E-state index contributed by atoms with van der Waals surface area (Å²) in [5.74, 6) is 0.668. The monoisotopic (exact) mass is 343 g/mol. The smallest absolute Gasteiger partial charge is 0.307 e. The molecule has 0 atom stereocenters. The minimum atomic E-state index is -0.475. The number of carbonyl (C=O) groups excluding carboxylic acids is 2. The highest BCUT2D eigenvalue weighted by molar-refractivity contribution is 6.06. The molecule has 2 N–H and O–H groups in total. The number of nitrogens with one attached hydrogen (secondary N) is 2. The summed E-state index contributed by atoms with van der Waals surface area (Å²) >= 11 is 0. The second-order valence-corrected chi connectivity index (χ2v) is 5.35. The molecule has 8 heteroatoms. The van der Waals surface area contributed by atoms with Gasteiger partial charge in [-0.25, -0.2) is 5.43 Å². The van der Waals surface area contributed by atoms with Crippen molar-refractivity contribution in [2.24, 2.45) is 5.10 Å². The van der Waals surface area contributed by atoms with Gasteiger partial charge in [0.25, 0.3) is 0 Å². The lowest BCUT2D eigenvalue weighted by Gasteiger charge is -2.19. The van der Waals surface area contributed by atoms with Crippen LogP contribution in [0, 0.1) is 0 Å². The summed E-state index contributed by atoms with van der Waals surface area (Å²) in [5, 5.41) is 6.64. The number of nitrogens with zero attached hydrogens (tertiary/aromatic N) is 1. The molecule has 0 spiro atoms. The highest BCUT2D eigenvalue weighted by atomic mass is 16.6. The Morgan fingerprint density at radius 3 is 2.72 bits per heavy atom. The van der Waals surface area contributed by atoms with Crippen LogP contribution in [0.5, 0.6) is 11.5 Å². The van der Waals surface area contributed by atoms with Crippen molar-refractivity contribution in [3.05, 3.63) is 42.4 Å². The van der Waals surface area contributed by atoms with Crippen LogP contribution >= 0.6 is 0 Å². The van der Waals surface area contributed by atoms with Gasteiger partial charge < -0.3 is 19.2 Å². The van der Waals surface area contributed by atoms with Crippen LogP contribution in [0.2, 0.25) is 0 Å². The Morgan fingerprint density at radius 1 is 1.16 bits per heavy atom. The van der Waals surface area contributed by atoms with Crippen LogP contribution in [-0.2, 0) is 4.79 Å². The van der Waals surface area contributed by atoms with Crippen LogP contribution in [-0.4, -0.2) is 30.7 Å². The number of fused-ring (bicyclic) bond motifs is 1. The second kappa shape index (κ2) is 7.52. The highest BCUT2D eigenvalue weighted by Gasteiger charge is 2.13. The fourth-order valence-electron chi connectivity index (χ4n) is 2.21. The zero-order valence-electron chi connectivity index (χ0n) is 13.6. The van der Waals surface area contributed by atoms with Gasteiger partial charge in [0, 0.05) is 17.5 Å². The molecule has 0 bridgehead atoms. The summed E-state index contributed by atoms with van der Waals surface area (Å²) in [5.41, 5.74) is 3.39. The van der Waals surface area contributed by atoms with Crippen LogP contribution in [0.1, 0.15) is 23.9 Å². The molecule has 0 aliphatic carbocycles. The van der Waals surface area contributed by atoms with E-state index < -0.39 is 5.91 Å². The highest BCUT2D eigenvalue weighted by Crippen LogP contribution is 2.32. The number of carbonyl (C=O) groups is 2. The molecule has 8 nitrogen and oxygen atoms in total. The first-order valence-electron chi connectivity index (χ1n) is 7.68. The maximum Gasteiger partial charge on any atom is 0.307 e. The standard InChI is InChI=1S/C17H17N3O5/c1-11(19-20-17(22)14-3-2-6-23-14)9-16(21)18-12-4-5-13-15(10-12)25-8-7-24-13/h2-6,10H,7-9H2,1H3,(H,18,21)(H,20,22)/b19-11+. The normalized spacial score (nSPS) is 13.2. The molecule has 0 fully saturated rings. The molecule has 1 aromatic carbocycles. The largest absolute Gasteiger partial charge is 0.486 e. The number of rotatable bonds is 5. The quantitative estimate of drug-likeness (QED) is 0.640. The van der Waals surface area contributed by atoms with Crippen LogP contribution in [0.3, 0.4) is 0 Å². The third kappa shape index (κ3) is 4.37. The van der Waals surface area contributed by atoms with E-state index in [9.17, 15) is 9.59 Å². The SMILES string of the molecule is C/C(CC(=O)Nc1ccc2c(c1)OCCO2)=N\NC(=O)c1ccco1. The lowest BCUT2D eigenvalue weighted by atomic mass is 10.2. The Balaban J connectivity index is 1.53. The van der Waals surface area contributed by atoms with Crippen molar-refractivity contribution < 1.29 is 23.5 Å². The Hall–Kier alpha value is -3.29. The van der Waals surface area contributed by atoms with E-state index in [1.54, 1.807) is 31.2 Å². The fourth-order valence-corrected chi connectivity index (χ4v) is 2.21. The van der Waals surface area contributed by atoms with Gasteiger partial charge >= 0.3 is 5.91 Å². The molecule has 0 saturated heterocycles. The molecule has 0 radical (unpaired) electrons. The maximum atomic E-state index is 12.1. The Morgan fingerprint density at radius 2 is 1.96 bits per heavy atom. The maximum absolute atomic E-state index is 12.1. The van der Waals surface area contributed by atoms with Gasteiger partial charge in [0.1, 0.15) is 13.2 Å². The van der Waals surface area contributed by atoms with Gasteiger partial charge in [-0.05, 0) is 31.2 Å². The van der Waals surface area contributed by atoms with E-state index in [1.807, 2.05) is 0 Å². The number of benzene rings is 1. The van der Waals surface area contributed by atoms with Gasteiger partial charge in [0.2, 0.25) is 5.91 Å². The molecule has 2 heterocycles. The van der Waals surface area contributed by atoms with Crippen molar-refractivity contribution in [1.82, 2.24) is 5.43 Å². The van der Waals surface area contributed by atoms with Crippen molar-refractivity contribution in [2.45, 2.75) is 13.3 Å². The minimum absolute atomic E-state index is 0.0346. The molecule has 0 saturated carbocycles. The predicted molar refractivity (Wildman–Crippen MR) is 90.0 cm³/mol. The predicted octanol–water partition coefficient (Wildman–Crippen LogP) is 2.19. The summed E-state index contributed by atoms with van der Waals surface area (Å²) in [6.45, 7) is 2.63. The Labute approximate surface area is 143 Å². The van der Waals surface area contributed by atoms with Gasteiger partial charge in [-0.2, -0.15) is 5.10 Å². The Bertz CT molecular complexity index is 799. The van der Waals surface area contributed by atoms with E-state index in [1.165, 1.54) is 12.3 Å². The average Bonchev–Trinajstić information content (AvgIpc) is 3.14. The number of amides is 2. The van der Waals surface area contributed by atoms with Crippen molar-refractivity contribution in [1.29, 1.82) is 0 Å². The van der Waals surface area contributed by atoms with Crippen molar-refractivity contribution in [3.8, 4) is 11.5 Å². The molecular formula is C17H17N3O5. The van der Waals surface area contributed by atoms with Crippen molar-refractivity contribution >= 4 is 23.2 Å². The first-order valence-corrected chi connectivity index (χ1v) is 7.68. The molecule has 3 rings (SSSR count). The van der Waals surface area contributed by atoms with Crippen LogP contribution in [0.15, 0.2) is 46.1 Å². The molecule has 2 aromatic rings. The zero-order valence-corrected chi connectivity index (χ0v) is 13.6. The minimum Gasteiger partial charge on any atom is -0.486 e. The van der Waals surface area contributed by atoms with Crippen molar-refractivity contribution in [2.75, 3.05) is 18.5 Å².